The zero-order chi connectivity index (χ0) is 22.1. The maximum absolute atomic E-state index is 12.7. The van der Waals surface area contributed by atoms with Crippen LogP contribution in [0.4, 0.5) is 11.5 Å². The Labute approximate surface area is 184 Å². The van der Waals surface area contributed by atoms with E-state index in [1.807, 2.05) is 25.1 Å². The first-order chi connectivity index (χ1) is 14.9. The zero-order valence-corrected chi connectivity index (χ0v) is 18.0. The molecule has 4 rings (SSSR count). The highest BCUT2D eigenvalue weighted by Crippen LogP contribution is 2.39. The number of carbonyl (C=O) groups is 2. The van der Waals surface area contributed by atoms with Crippen molar-refractivity contribution in [1.29, 1.82) is 0 Å². The summed E-state index contributed by atoms with van der Waals surface area (Å²) < 4.78 is 12.0. The molecule has 1 unspecified atom stereocenters. The molecule has 0 saturated heterocycles. The first-order valence-electron chi connectivity index (χ1n) is 9.59. The van der Waals surface area contributed by atoms with E-state index in [4.69, 9.17) is 21.1 Å². The molecule has 1 atom stereocenters. The molecular weight excluding hydrogens is 420 g/mol. The van der Waals surface area contributed by atoms with Crippen molar-refractivity contribution in [1.82, 2.24) is 9.78 Å². The van der Waals surface area contributed by atoms with Crippen LogP contribution in [0.5, 0.6) is 11.5 Å². The number of anilines is 2. The van der Waals surface area contributed by atoms with Crippen LogP contribution in [-0.4, -0.2) is 35.8 Å². The number of nitrogens with one attached hydrogen (secondary N) is 2. The lowest BCUT2D eigenvalue weighted by atomic mass is 10.1. The number of rotatable bonds is 6. The molecule has 0 saturated carbocycles. The molecule has 0 spiro atoms. The van der Waals surface area contributed by atoms with Gasteiger partial charge in [0.25, 0.3) is 5.91 Å². The summed E-state index contributed by atoms with van der Waals surface area (Å²) in [6, 6.07) is 11.6. The van der Waals surface area contributed by atoms with Gasteiger partial charge in [0.2, 0.25) is 5.91 Å². The van der Waals surface area contributed by atoms with Crippen molar-refractivity contribution in [3.63, 3.8) is 0 Å². The number of carbonyl (C=O) groups excluding carboxylic acids is 2. The number of hydrogen-bond acceptors (Lipinski definition) is 5. The molecule has 2 aromatic carbocycles. The van der Waals surface area contributed by atoms with E-state index < -0.39 is 6.04 Å². The number of nitrogens with zero attached hydrogens (tertiary/aromatic N) is 2. The van der Waals surface area contributed by atoms with Gasteiger partial charge in [-0.2, -0.15) is 5.10 Å². The van der Waals surface area contributed by atoms with Crippen molar-refractivity contribution in [2.45, 2.75) is 19.4 Å². The maximum Gasteiger partial charge on any atom is 0.251 e. The number of amides is 2. The topological polar surface area (TPSA) is 94.5 Å². The van der Waals surface area contributed by atoms with E-state index in [2.05, 4.69) is 15.7 Å². The Hall–Kier alpha value is -3.52. The van der Waals surface area contributed by atoms with E-state index in [-0.39, 0.29) is 18.2 Å². The minimum atomic E-state index is -0.758. The Morgan fingerprint density at radius 3 is 2.74 bits per heavy atom. The summed E-state index contributed by atoms with van der Waals surface area (Å²) in [5.74, 6) is 0.999. The van der Waals surface area contributed by atoms with Crippen LogP contribution in [0, 0.1) is 6.92 Å². The van der Waals surface area contributed by atoms with Gasteiger partial charge >= 0.3 is 0 Å². The van der Waals surface area contributed by atoms with Crippen LogP contribution in [0.2, 0.25) is 5.02 Å². The van der Waals surface area contributed by atoms with Crippen molar-refractivity contribution in [3.05, 3.63) is 53.2 Å². The SMILES string of the molecule is COc1ccc(NC(=O)CC2C(=O)Nc3c(-c4cccc(Cl)c4)c(C)nn32)c(OC)c1. The summed E-state index contributed by atoms with van der Waals surface area (Å²) in [5.41, 5.74) is 2.86. The monoisotopic (exact) mass is 440 g/mol. The Kier molecular flexibility index (Phi) is 5.56. The van der Waals surface area contributed by atoms with Gasteiger partial charge in [0.05, 0.1) is 32.0 Å². The fourth-order valence-electron chi connectivity index (χ4n) is 3.65. The predicted molar refractivity (Wildman–Crippen MR) is 118 cm³/mol. The van der Waals surface area contributed by atoms with Gasteiger partial charge in [-0.3, -0.25) is 9.59 Å². The Morgan fingerprint density at radius 2 is 2.03 bits per heavy atom. The molecule has 9 heteroatoms. The quantitative estimate of drug-likeness (QED) is 0.603. The molecule has 2 N–H and O–H groups in total. The molecule has 0 bridgehead atoms. The molecule has 31 heavy (non-hydrogen) atoms. The number of hydrogen-bond donors (Lipinski definition) is 2. The first kappa shape index (κ1) is 20.7. The number of fused-ring (bicyclic) bond motifs is 1. The summed E-state index contributed by atoms with van der Waals surface area (Å²) in [7, 11) is 3.05. The number of aromatic nitrogens is 2. The number of ether oxygens (including phenoxy) is 2. The van der Waals surface area contributed by atoms with Crippen LogP contribution < -0.4 is 20.1 Å². The van der Waals surface area contributed by atoms with Gasteiger partial charge in [0.1, 0.15) is 23.4 Å². The van der Waals surface area contributed by atoms with Crippen LogP contribution in [0.25, 0.3) is 11.1 Å². The van der Waals surface area contributed by atoms with E-state index in [0.29, 0.717) is 28.0 Å². The number of methoxy groups -OCH3 is 2. The molecule has 2 amide bonds. The highest BCUT2D eigenvalue weighted by molar-refractivity contribution is 6.30. The number of halogens is 1. The average molecular weight is 441 g/mol. The molecule has 1 aromatic heterocycles. The van der Waals surface area contributed by atoms with Crippen LogP contribution in [0.3, 0.4) is 0 Å². The maximum atomic E-state index is 12.7. The smallest absolute Gasteiger partial charge is 0.251 e. The minimum absolute atomic E-state index is 0.0792. The van der Waals surface area contributed by atoms with E-state index >= 15 is 0 Å². The van der Waals surface area contributed by atoms with Crippen LogP contribution in [0.15, 0.2) is 42.5 Å². The van der Waals surface area contributed by atoms with Gasteiger partial charge < -0.3 is 20.1 Å². The average Bonchev–Trinajstić information content (AvgIpc) is 3.21. The van der Waals surface area contributed by atoms with E-state index in [1.165, 1.54) is 7.11 Å². The largest absolute Gasteiger partial charge is 0.497 e. The molecule has 160 valence electrons. The number of aryl methyl sites for hydroxylation is 1. The van der Waals surface area contributed by atoms with Crippen molar-refractivity contribution in [2.24, 2.45) is 0 Å². The van der Waals surface area contributed by atoms with E-state index in [9.17, 15) is 9.59 Å². The highest BCUT2D eigenvalue weighted by atomic mass is 35.5. The van der Waals surface area contributed by atoms with E-state index in [1.54, 1.807) is 36.1 Å². The third kappa shape index (κ3) is 3.94. The zero-order valence-electron chi connectivity index (χ0n) is 17.2. The second kappa shape index (κ2) is 8.31. The summed E-state index contributed by atoms with van der Waals surface area (Å²) in [5, 5.41) is 10.8. The van der Waals surface area contributed by atoms with Crippen LogP contribution >= 0.6 is 11.6 Å². The van der Waals surface area contributed by atoms with Crippen LogP contribution in [0.1, 0.15) is 18.2 Å². The van der Waals surface area contributed by atoms with Crippen molar-refractivity contribution in [3.8, 4) is 22.6 Å². The lowest BCUT2D eigenvalue weighted by Gasteiger charge is -2.13. The summed E-state index contributed by atoms with van der Waals surface area (Å²) in [6.45, 7) is 1.85. The molecule has 2 heterocycles. The molecule has 3 aromatic rings. The normalized spacial score (nSPS) is 14.7. The molecule has 8 nitrogen and oxygen atoms in total. The molecule has 0 fully saturated rings. The third-order valence-electron chi connectivity index (χ3n) is 5.10. The number of benzene rings is 2. The van der Waals surface area contributed by atoms with Crippen LogP contribution in [-0.2, 0) is 9.59 Å². The second-order valence-electron chi connectivity index (χ2n) is 7.09. The predicted octanol–water partition coefficient (Wildman–Crippen LogP) is 4.05. The summed E-state index contributed by atoms with van der Waals surface area (Å²) >= 11 is 6.13. The van der Waals surface area contributed by atoms with Crippen molar-refractivity contribution >= 4 is 34.9 Å². The minimum Gasteiger partial charge on any atom is -0.497 e. The molecular formula is C22H21ClN4O4. The summed E-state index contributed by atoms with van der Waals surface area (Å²) in [6.07, 6.45) is -0.0792. The second-order valence-corrected chi connectivity index (χ2v) is 7.52. The Bertz CT molecular complexity index is 1170. The van der Waals surface area contributed by atoms with Gasteiger partial charge in [0, 0.05) is 16.7 Å². The first-order valence-corrected chi connectivity index (χ1v) is 9.97. The Morgan fingerprint density at radius 1 is 1.23 bits per heavy atom. The van der Waals surface area contributed by atoms with E-state index in [0.717, 1.165) is 16.8 Å². The Balaban J connectivity index is 1.57. The lowest BCUT2D eigenvalue weighted by molar-refractivity contribution is -0.123. The molecule has 1 aliphatic rings. The van der Waals surface area contributed by atoms with Gasteiger partial charge in [-0.1, -0.05) is 23.7 Å². The van der Waals surface area contributed by atoms with Gasteiger partial charge in [0.15, 0.2) is 0 Å². The molecule has 0 radical (unpaired) electrons. The van der Waals surface area contributed by atoms with Gasteiger partial charge in [-0.15, -0.1) is 0 Å². The standard InChI is InChI=1S/C22H21ClN4O4/c1-12-20(13-5-4-6-14(23)9-13)21-25-22(29)17(27(21)26-12)11-19(28)24-16-8-7-15(30-2)10-18(16)31-3/h4-10,17H,11H2,1-3H3,(H,24,28)(H,25,29). The van der Waals surface area contributed by atoms with Gasteiger partial charge in [-0.25, -0.2) is 4.68 Å². The molecule has 1 aliphatic heterocycles. The fraction of sp³-hybridized carbons (Fsp3) is 0.227. The summed E-state index contributed by atoms with van der Waals surface area (Å²) in [4.78, 5) is 25.3. The fourth-order valence-corrected chi connectivity index (χ4v) is 3.84. The van der Waals surface area contributed by atoms with Crippen molar-refractivity contribution in [2.75, 3.05) is 24.9 Å². The highest BCUT2D eigenvalue weighted by Gasteiger charge is 2.36. The van der Waals surface area contributed by atoms with Crippen molar-refractivity contribution < 1.29 is 19.1 Å². The third-order valence-corrected chi connectivity index (χ3v) is 5.33. The van der Waals surface area contributed by atoms with Gasteiger partial charge in [-0.05, 0) is 36.8 Å². The molecule has 0 aliphatic carbocycles. The lowest BCUT2D eigenvalue weighted by Crippen LogP contribution is -2.24.